The van der Waals surface area contributed by atoms with Crippen LogP contribution < -0.4 is 5.32 Å². The maximum atomic E-state index is 12.0. The third kappa shape index (κ3) is 4.06. The smallest absolute Gasteiger partial charge is 0.255 e. The molecule has 22 heavy (non-hydrogen) atoms. The fourth-order valence-electron chi connectivity index (χ4n) is 3.56. The van der Waals surface area contributed by atoms with Crippen molar-refractivity contribution in [3.05, 3.63) is 11.1 Å². The highest BCUT2D eigenvalue weighted by Crippen LogP contribution is 2.24. The van der Waals surface area contributed by atoms with E-state index in [2.05, 4.69) is 34.4 Å². The Bertz CT molecular complexity index is 503. The normalized spacial score (nSPS) is 29.6. The molecule has 1 N–H and O–H groups in total. The average molecular weight is 323 g/mol. The van der Waals surface area contributed by atoms with Crippen molar-refractivity contribution in [3.63, 3.8) is 0 Å². The third-order valence-electron chi connectivity index (χ3n) is 4.33. The van der Waals surface area contributed by atoms with Crippen LogP contribution in [-0.4, -0.2) is 41.6 Å². The zero-order valence-corrected chi connectivity index (χ0v) is 14.2. The summed E-state index contributed by atoms with van der Waals surface area (Å²) in [7, 11) is 0. The molecule has 6 heteroatoms. The number of rotatable bonds is 4. The number of thiazole rings is 1. The quantitative estimate of drug-likeness (QED) is 0.926. The van der Waals surface area contributed by atoms with Gasteiger partial charge in [0.25, 0.3) is 5.91 Å². The fraction of sp³-hybridized carbons (Fsp3) is 0.750. The molecule has 0 radical (unpaired) electrons. The lowest BCUT2D eigenvalue weighted by Gasteiger charge is -2.34. The predicted octanol–water partition coefficient (Wildman–Crippen LogP) is 2.74. The minimum atomic E-state index is -0.295. The zero-order valence-electron chi connectivity index (χ0n) is 13.4. The van der Waals surface area contributed by atoms with Gasteiger partial charge in [-0.2, -0.15) is 0 Å². The molecule has 1 aromatic rings. The first-order chi connectivity index (χ1) is 10.6. The molecule has 122 valence electrons. The molecular weight excluding hydrogens is 298 g/mol. The summed E-state index contributed by atoms with van der Waals surface area (Å²) in [6.45, 7) is 8.47. The molecule has 1 amide bonds. The van der Waals surface area contributed by atoms with Crippen molar-refractivity contribution >= 4 is 22.4 Å². The molecular formula is C16H25N3O2S. The Labute approximate surface area is 136 Å². The number of likely N-dealkylation sites (tertiary alicyclic amines) is 1. The summed E-state index contributed by atoms with van der Waals surface area (Å²) < 4.78 is 5.40. The monoisotopic (exact) mass is 323 g/mol. The van der Waals surface area contributed by atoms with Crippen molar-refractivity contribution in [1.29, 1.82) is 0 Å². The van der Waals surface area contributed by atoms with Gasteiger partial charge in [-0.25, -0.2) is 4.98 Å². The number of carbonyl (C=O) groups excluding carboxylic acids is 1. The van der Waals surface area contributed by atoms with Crippen LogP contribution in [0, 0.1) is 11.8 Å². The Morgan fingerprint density at radius 3 is 2.91 bits per heavy atom. The average Bonchev–Trinajstić information content (AvgIpc) is 3.09. The first-order valence-electron chi connectivity index (χ1n) is 8.19. The van der Waals surface area contributed by atoms with Gasteiger partial charge in [-0.3, -0.25) is 15.0 Å². The summed E-state index contributed by atoms with van der Waals surface area (Å²) in [6, 6.07) is 0. The van der Waals surface area contributed by atoms with Gasteiger partial charge in [-0.05, 0) is 31.1 Å². The lowest BCUT2D eigenvalue weighted by atomic mass is 9.92. The van der Waals surface area contributed by atoms with Crippen LogP contribution in [0.5, 0.6) is 0 Å². The van der Waals surface area contributed by atoms with E-state index in [-0.39, 0.29) is 12.0 Å². The molecule has 0 unspecified atom stereocenters. The van der Waals surface area contributed by atoms with Gasteiger partial charge in [0.15, 0.2) is 5.13 Å². The number of hydrogen-bond donors (Lipinski definition) is 1. The van der Waals surface area contributed by atoms with Gasteiger partial charge in [-0.15, -0.1) is 11.3 Å². The summed E-state index contributed by atoms with van der Waals surface area (Å²) in [6.07, 6.45) is 2.80. The second-order valence-electron chi connectivity index (χ2n) is 6.78. The highest BCUT2D eigenvalue weighted by atomic mass is 32.1. The highest BCUT2D eigenvalue weighted by molar-refractivity contribution is 7.13. The van der Waals surface area contributed by atoms with Crippen LogP contribution >= 0.6 is 11.3 Å². The molecule has 0 aliphatic carbocycles. The third-order valence-corrected chi connectivity index (χ3v) is 5.14. The van der Waals surface area contributed by atoms with Crippen LogP contribution in [0.4, 0.5) is 5.13 Å². The molecule has 5 nitrogen and oxygen atoms in total. The molecule has 3 heterocycles. The van der Waals surface area contributed by atoms with E-state index in [9.17, 15) is 4.79 Å². The number of nitrogens with one attached hydrogen (secondary N) is 1. The summed E-state index contributed by atoms with van der Waals surface area (Å²) in [4.78, 5) is 19.0. The van der Waals surface area contributed by atoms with Crippen LogP contribution in [0.1, 0.15) is 38.8 Å². The van der Waals surface area contributed by atoms with Crippen molar-refractivity contribution in [1.82, 2.24) is 9.88 Å². The van der Waals surface area contributed by atoms with E-state index in [4.69, 9.17) is 4.74 Å². The number of carbonyl (C=O) groups is 1. The van der Waals surface area contributed by atoms with Crippen molar-refractivity contribution in [2.45, 2.75) is 45.8 Å². The van der Waals surface area contributed by atoms with Crippen molar-refractivity contribution in [2.24, 2.45) is 11.8 Å². The maximum absolute atomic E-state index is 12.0. The highest BCUT2D eigenvalue weighted by Gasteiger charge is 2.25. The summed E-state index contributed by atoms with van der Waals surface area (Å²) in [5.41, 5.74) is 1.05. The Morgan fingerprint density at radius 1 is 1.45 bits per heavy atom. The molecule has 2 aliphatic heterocycles. The Morgan fingerprint density at radius 2 is 2.23 bits per heavy atom. The van der Waals surface area contributed by atoms with Gasteiger partial charge in [0.05, 0.1) is 5.69 Å². The van der Waals surface area contributed by atoms with Crippen LogP contribution in [0.2, 0.25) is 0 Å². The van der Waals surface area contributed by atoms with E-state index in [0.29, 0.717) is 11.7 Å². The lowest BCUT2D eigenvalue weighted by molar-refractivity contribution is -0.124. The number of anilines is 1. The van der Waals surface area contributed by atoms with Crippen molar-refractivity contribution in [3.8, 4) is 0 Å². The largest absolute Gasteiger partial charge is 0.368 e. The van der Waals surface area contributed by atoms with Crippen LogP contribution in [0.25, 0.3) is 0 Å². The molecule has 1 aromatic heterocycles. The van der Waals surface area contributed by atoms with Gasteiger partial charge in [0.1, 0.15) is 6.10 Å². The number of piperidine rings is 1. The minimum absolute atomic E-state index is 0.0568. The number of ether oxygens (including phenoxy) is 1. The molecule has 0 aromatic carbocycles. The van der Waals surface area contributed by atoms with Gasteiger partial charge >= 0.3 is 0 Å². The van der Waals surface area contributed by atoms with Gasteiger partial charge < -0.3 is 4.74 Å². The molecule has 0 bridgehead atoms. The summed E-state index contributed by atoms with van der Waals surface area (Å²) in [5, 5.41) is 5.62. The van der Waals surface area contributed by atoms with E-state index < -0.39 is 0 Å². The van der Waals surface area contributed by atoms with E-state index in [1.54, 1.807) is 0 Å². The number of nitrogens with zero attached hydrogens (tertiary/aromatic N) is 2. The Kier molecular flexibility index (Phi) is 5.10. The summed E-state index contributed by atoms with van der Waals surface area (Å²) in [5.74, 6) is 1.45. The molecule has 0 saturated carbocycles. The second kappa shape index (κ2) is 7.06. The SMILES string of the molecule is C[C@@H]1C[C@H](C)CN(Cc2csc(NC(=O)[C@H]3CCCO3)n2)C1. The van der Waals surface area contributed by atoms with Crippen LogP contribution in [0.3, 0.4) is 0 Å². The Balaban J connectivity index is 1.53. The first-order valence-corrected chi connectivity index (χ1v) is 9.07. The topological polar surface area (TPSA) is 54.5 Å². The minimum Gasteiger partial charge on any atom is -0.368 e. The van der Waals surface area contributed by atoms with Crippen molar-refractivity contribution < 1.29 is 9.53 Å². The van der Waals surface area contributed by atoms with E-state index in [0.717, 1.165) is 50.0 Å². The van der Waals surface area contributed by atoms with Crippen molar-refractivity contribution in [2.75, 3.05) is 25.0 Å². The molecule has 2 saturated heterocycles. The number of aromatic nitrogens is 1. The number of amides is 1. The summed E-state index contributed by atoms with van der Waals surface area (Å²) >= 11 is 1.50. The zero-order chi connectivity index (χ0) is 15.5. The standard InChI is InChI=1S/C16H25N3O2S/c1-11-6-12(2)8-19(7-11)9-13-10-22-16(17-13)18-15(20)14-4-3-5-21-14/h10-12,14H,3-9H2,1-2H3,(H,17,18,20)/t11-,12+,14-/m1/s1. The molecule has 2 fully saturated rings. The predicted molar refractivity (Wildman–Crippen MR) is 87.9 cm³/mol. The van der Waals surface area contributed by atoms with Gasteiger partial charge in [0.2, 0.25) is 0 Å². The van der Waals surface area contributed by atoms with E-state index in [1.807, 2.05) is 0 Å². The molecule has 0 spiro atoms. The van der Waals surface area contributed by atoms with Gasteiger partial charge in [-0.1, -0.05) is 13.8 Å². The maximum Gasteiger partial charge on any atom is 0.255 e. The number of hydrogen-bond acceptors (Lipinski definition) is 5. The van der Waals surface area contributed by atoms with Gasteiger partial charge in [0, 0.05) is 31.6 Å². The first kappa shape index (κ1) is 15.9. The fourth-order valence-corrected chi connectivity index (χ4v) is 4.26. The lowest BCUT2D eigenvalue weighted by Crippen LogP contribution is -2.38. The molecule has 2 aliphatic rings. The molecule has 3 rings (SSSR count). The second-order valence-corrected chi connectivity index (χ2v) is 7.63. The Hall–Kier alpha value is -0.980. The van der Waals surface area contributed by atoms with E-state index >= 15 is 0 Å². The molecule has 3 atom stereocenters. The van der Waals surface area contributed by atoms with E-state index in [1.165, 1.54) is 17.8 Å². The van der Waals surface area contributed by atoms with Crippen LogP contribution in [-0.2, 0) is 16.1 Å². The van der Waals surface area contributed by atoms with Crippen LogP contribution in [0.15, 0.2) is 5.38 Å².